The molecule has 0 amide bonds. The molecule has 26 heavy (non-hydrogen) atoms. The van der Waals surface area contributed by atoms with Crippen molar-refractivity contribution >= 4 is 5.97 Å². The minimum atomic E-state index is -0.296. The summed E-state index contributed by atoms with van der Waals surface area (Å²) in [6, 6.07) is 0. The summed E-state index contributed by atoms with van der Waals surface area (Å²) in [6.07, 6.45) is 8.68. The van der Waals surface area contributed by atoms with Gasteiger partial charge in [0.2, 0.25) is 0 Å². The Bertz CT molecular complexity index is 507. The molecule has 3 saturated carbocycles. The first-order chi connectivity index (χ1) is 12.0. The SMILES string of the molecule is CC(C)C1C2CC(CC2C(=O)OC(C)(C)C2CCCCC2)C1C(C)(C)C. The molecule has 0 aromatic carbocycles. The fraction of sp³-hybridized carbons (Fsp3) is 0.958. The van der Waals surface area contributed by atoms with Crippen molar-refractivity contribution in [1.29, 1.82) is 0 Å². The van der Waals surface area contributed by atoms with Crippen LogP contribution in [0.3, 0.4) is 0 Å². The van der Waals surface area contributed by atoms with Crippen LogP contribution in [0, 0.1) is 46.8 Å². The quantitative estimate of drug-likeness (QED) is 0.535. The zero-order valence-electron chi connectivity index (χ0n) is 18.3. The van der Waals surface area contributed by atoms with Gasteiger partial charge in [0.15, 0.2) is 0 Å². The van der Waals surface area contributed by atoms with Crippen LogP contribution in [0.25, 0.3) is 0 Å². The number of rotatable bonds is 4. The van der Waals surface area contributed by atoms with Crippen molar-refractivity contribution in [2.24, 2.45) is 46.8 Å². The van der Waals surface area contributed by atoms with E-state index in [2.05, 4.69) is 48.5 Å². The van der Waals surface area contributed by atoms with Gasteiger partial charge in [-0.25, -0.2) is 0 Å². The van der Waals surface area contributed by atoms with Gasteiger partial charge in [0.05, 0.1) is 5.92 Å². The second kappa shape index (κ2) is 7.13. The molecule has 150 valence electrons. The lowest BCUT2D eigenvalue weighted by molar-refractivity contribution is -0.172. The molecule has 2 bridgehead atoms. The summed E-state index contributed by atoms with van der Waals surface area (Å²) in [5.41, 5.74) is 0.0424. The fourth-order valence-electron chi connectivity index (χ4n) is 7.09. The molecule has 0 aromatic rings. The highest BCUT2D eigenvalue weighted by Crippen LogP contribution is 2.62. The Kier molecular flexibility index (Phi) is 5.54. The lowest BCUT2D eigenvalue weighted by atomic mass is 9.61. The molecule has 5 unspecified atom stereocenters. The van der Waals surface area contributed by atoms with E-state index in [1.54, 1.807) is 0 Å². The molecule has 0 heterocycles. The van der Waals surface area contributed by atoms with Crippen LogP contribution in [-0.4, -0.2) is 11.6 Å². The standard InChI is InChI=1S/C24H42O2/c1-15(2)20-18-13-16(21(20)23(3,4)5)14-19(18)22(25)26-24(6,7)17-11-9-8-10-12-17/h15-21H,8-14H2,1-7H3. The van der Waals surface area contributed by atoms with Crippen LogP contribution in [0.2, 0.25) is 0 Å². The van der Waals surface area contributed by atoms with E-state index in [1.807, 2.05) is 0 Å². The molecule has 2 heteroatoms. The highest BCUT2D eigenvalue weighted by atomic mass is 16.6. The molecule has 2 nitrogen and oxygen atoms in total. The van der Waals surface area contributed by atoms with Crippen molar-refractivity contribution < 1.29 is 9.53 Å². The molecular formula is C24H42O2. The maximum Gasteiger partial charge on any atom is 0.309 e. The van der Waals surface area contributed by atoms with Gasteiger partial charge in [0.25, 0.3) is 0 Å². The first kappa shape index (κ1) is 20.2. The third kappa shape index (κ3) is 3.72. The van der Waals surface area contributed by atoms with Gasteiger partial charge in [-0.1, -0.05) is 53.9 Å². The Morgan fingerprint density at radius 2 is 1.58 bits per heavy atom. The average molecular weight is 363 g/mol. The number of hydrogen-bond acceptors (Lipinski definition) is 2. The zero-order chi connectivity index (χ0) is 19.3. The van der Waals surface area contributed by atoms with Gasteiger partial charge < -0.3 is 4.74 Å². The maximum absolute atomic E-state index is 13.2. The van der Waals surface area contributed by atoms with Crippen molar-refractivity contribution in [3.63, 3.8) is 0 Å². The van der Waals surface area contributed by atoms with Crippen molar-refractivity contribution in [3.8, 4) is 0 Å². The molecule has 0 N–H and O–H groups in total. The van der Waals surface area contributed by atoms with Crippen LogP contribution in [0.4, 0.5) is 0 Å². The van der Waals surface area contributed by atoms with Crippen LogP contribution >= 0.6 is 0 Å². The van der Waals surface area contributed by atoms with Gasteiger partial charge in [0, 0.05) is 0 Å². The van der Waals surface area contributed by atoms with Crippen LogP contribution in [0.15, 0.2) is 0 Å². The topological polar surface area (TPSA) is 26.3 Å². The van der Waals surface area contributed by atoms with Gasteiger partial charge in [0.1, 0.15) is 5.60 Å². The van der Waals surface area contributed by atoms with Crippen LogP contribution in [0.1, 0.15) is 93.4 Å². The fourth-order valence-corrected chi connectivity index (χ4v) is 7.09. The second-order valence-electron chi connectivity index (χ2n) is 11.6. The van der Waals surface area contributed by atoms with E-state index in [0.29, 0.717) is 35.0 Å². The summed E-state index contributed by atoms with van der Waals surface area (Å²) in [5.74, 6) is 4.13. The van der Waals surface area contributed by atoms with Gasteiger partial charge >= 0.3 is 5.97 Å². The average Bonchev–Trinajstić information content (AvgIpc) is 3.13. The number of esters is 1. The Morgan fingerprint density at radius 3 is 2.12 bits per heavy atom. The molecule has 0 saturated heterocycles. The van der Waals surface area contributed by atoms with E-state index in [1.165, 1.54) is 38.5 Å². The first-order valence-electron chi connectivity index (χ1n) is 11.2. The van der Waals surface area contributed by atoms with Crippen molar-refractivity contribution in [3.05, 3.63) is 0 Å². The normalized spacial score (nSPS) is 35.9. The summed E-state index contributed by atoms with van der Waals surface area (Å²) >= 11 is 0. The number of hydrogen-bond donors (Lipinski definition) is 0. The molecule has 5 atom stereocenters. The smallest absolute Gasteiger partial charge is 0.309 e. The van der Waals surface area contributed by atoms with Gasteiger partial charge in [-0.15, -0.1) is 0 Å². The summed E-state index contributed by atoms with van der Waals surface area (Å²) in [5, 5.41) is 0. The molecule has 0 spiro atoms. The molecule has 0 radical (unpaired) electrons. The monoisotopic (exact) mass is 362 g/mol. The largest absolute Gasteiger partial charge is 0.459 e. The van der Waals surface area contributed by atoms with E-state index in [9.17, 15) is 4.79 Å². The van der Waals surface area contributed by atoms with Gasteiger partial charge in [-0.2, -0.15) is 0 Å². The zero-order valence-corrected chi connectivity index (χ0v) is 18.3. The summed E-state index contributed by atoms with van der Waals surface area (Å²) < 4.78 is 6.22. The van der Waals surface area contributed by atoms with Crippen LogP contribution in [0.5, 0.6) is 0 Å². The van der Waals surface area contributed by atoms with Crippen molar-refractivity contribution in [2.45, 2.75) is 99.0 Å². The van der Waals surface area contributed by atoms with Gasteiger partial charge in [-0.05, 0) is 80.5 Å². The maximum atomic E-state index is 13.2. The predicted molar refractivity (Wildman–Crippen MR) is 108 cm³/mol. The highest BCUT2D eigenvalue weighted by Gasteiger charge is 2.58. The molecule has 3 aliphatic carbocycles. The first-order valence-corrected chi connectivity index (χ1v) is 11.2. The third-order valence-corrected chi connectivity index (χ3v) is 8.09. The number of ether oxygens (including phenoxy) is 1. The number of fused-ring (bicyclic) bond motifs is 2. The second-order valence-corrected chi connectivity index (χ2v) is 11.6. The molecule has 3 rings (SSSR count). The van der Waals surface area contributed by atoms with Crippen LogP contribution < -0.4 is 0 Å². The van der Waals surface area contributed by atoms with Crippen molar-refractivity contribution in [1.82, 2.24) is 0 Å². The Balaban J connectivity index is 1.70. The van der Waals surface area contributed by atoms with E-state index in [0.717, 1.165) is 12.3 Å². The molecule has 3 fully saturated rings. The van der Waals surface area contributed by atoms with E-state index >= 15 is 0 Å². The minimum Gasteiger partial charge on any atom is -0.459 e. The third-order valence-electron chi connectivity index (χ3n) is 8.09. The summed E-state index contributed by atoms with van der Waals surface area (Å²) in [6.45, 7) is 16.2. The Labute approximate surface area is 161 Å². The number of carbonyl (C=O) groups is 1. The van der Waals surface area contributed by atoms with E-state index in [-0.39, 0.29) is 17.5 Å². The van der Waals surface area contributed by atoms with E-state index in [4.69, 9.17) is 4.74 Å². The predicted octanol–water partition coefficient (Wildman–Crippen LogP) is 6.48. The molecule has 0 aromatic heterocycles. The minimum absolute atomic E-state index is 0.117. The van der Waals surface area contributed by atoms with Gasteiger partial charge in [-0.3, -0.25) is 4.79 Å². The molecular weight excluding hydrogens is 320 g/mol. The number of carbonyl (C=O) groups excluding carboxylic acids is 1. The highest BCUT2D eigenvalue weighted by molar-refractivity contribution is 5.74. The Morgan fingerprint density at radius 1 is 0.962 bits per heavy atom. The summed E-state index contributed by atoms with van der Waals surface area (Å²) in [4.78, 5) is 13.2. The Hall–Kier alpha value is -0.530. The van der Waals surface area contributed by atoms with Crippen molar-refractivity contribution in [2.75, 3.05) is 0 Å². The molecule has 0 aliphatic heterocycles. The lowest BCUT2D eigenvalue weighted by Gasteiger charge is -2.45. The van der Waals surface area contributed by atoms with E-state index < -0.39 is 0 Å². The van der Waals surface area contributed by atoms with Crippen LogP contribution in [-0.2, 0) is 9.53 Å². The lowest BCUT2D eigenvalue weighted by Crippen LogP contribution is -2.44. The molecule has 3 aliphatic rings. The summed E-state index contributed by atoms with van der Waals surface area (Å²) in [7, 11) is 0.